The zero-order valence-corrected chi connectivity index (χ0v) is 13.9. The highest BCUT2D eigenvalue weighted by Crippen LogP contribution is 2.14. The number of carbonyl (C=O) groups is 1. The lowest BCUT2D eigenvalue weighted by Gasteiger charge is -2.19. The average Bonchev–Trinajstić information content (AvgIpc) is 2.27. The summed E-state index contributed by atoms with van der Waals surface area (Å²) in [4.78, 5) is 11.2. The van der Waals surface area contributed by atoms with Gasteiger partial charge < -0.3 is 9.47 Å². The van der Waals surface area contributed by atoms with Crippen molar-refractivity contribution >= 4 is 5.97 Å². The molecule has 1 unspecified atom stereocenters. The molecule has 0 rings (SSSR count). The Balaban J connectivity index is 3.96. The quantitative estimate of drug-likeness (QED) is 0.381. The van der Waals surface area contributed by atoms with Crippen LogP contribution >= 0.6 is 0 Å². The number of allylic oxidation sites excluding steroid dienone is 3. The molecule has 0 radical (unpaired) electrons. The van der Waals surface area contributed by atoms with Crippen molar-refractivity contribution in [3.8, 4) is 0 Å². The van der Waals surface area contributed by atoms with E-state index < -0.39 is 0 Å². The number of ether oxygens (including phenoxy) is 2. The molecule has 0 saturated heterocycles. The lowest BCUT2D eigenvalue weighted by Crippen LogP contribution is -2.17. The average molecular weight is 282 g/mol. The maximum absolute atomic E-state index is 11.2. The maximum Gasteiger partial charge on any atom is 0.330 e. The van der Waals surface area contributed by atoms with Gasteiger partial charge in [0.1, 0.15) is 0 Å². The topological polar surface area (TPSA) is 35.5 Å². The van der Waals surface area contributed by atoms with Crippen molar-refractivity contribution in [3.05, 3.63) is 23.8 Å². The first-order chi connectivity index (χ1) is 9.24. The van der Waals surface area contributed by atoms with Crippen molar-refractivity contribution in [3.63, 3.8) is 0 Å². The number of hydrogen-bond acceptors (Lipinski definition) is 3. The Bertz CT molecular complexity index is 335. The molecule has 0 heterocycles. The minimum Gasteiger partial charge on any atom is -0.463 e. The molecule has 3 nitrogen and oxygen atoms in total. The normalized spacial score (nSPS) is 14.6. The highest BCUT2D eigenvalue weighted by atomic mass is 16.5. The smallest absolute Gasteiger partial charge is 0.330 e. The van der Waals surface area contributed by atoms with Gasteiger partial charge in [-0.25, -0.2) is 4.79 Å². The van der Waals surface area contributed by atoms with E-state index in [-0.39, 0.29) is 11.4 Å². The summed E-state index contributed by atoms with van der Waals surface area (Å²) >= 11 is 0. The van der Waals surface area contributed by atoms with Crippen molar-refractivity contribution < 1.29 is 14.3 Å². The number of hydrogen-bond donors (Lipinski definition) is 0. The van der Waals surface area contributed by atoms with Crippen molar-refractivity contribution in [2.24, 2.45) is 11.3 Å². The minimum atomic E-state index is -0.281. The highest BCUT2D eigenvalue weighted by Gasteiger charge is 2.10. The third kappa shape index (κ3) is 12.0. The molecule has 0 saturated carbocycles. The molecule has 20 heavy (non-hydrogen) atoms. The molecule has 116 valence electrons. The molecule has 0 aromatic carbocycles. The predicted molar refractivity (Wildman–Crippen MR) is 83.6 cm³/mol. The lowest BCUT2D eigenvalue weighted by atomic mass is 9.98. The molecular weight excluding hydrogens is 252 g/mol. The fraction of sp³-hybridized carbons (Fsp3) is 0.706. The molecule has 3 heteroatoms. The summed E-state index contributed by atoms with van der Waals surface area (Å²) < 4.78 is 10.5. The first-order valence-electron chi connectivity index (χ1n) is 7.34. The van der Waals surface area contributed by atoms with E-state index in [2.05, 4.69) is 33.8 Å². The number of rotatable bonds is 8. The third-order valence-corrected chi connectivity index (χ3v) is 2.49. The van der Waals surface area contributed by atoms with Crippen LogP contribution in [-0.4, -0.2) is 25.8 Å². The Kier molecular flexibility index (Phi) is 9.23. The molecule has 0 aliphatic heterocycles. The lowest BCUT2D eigenvalue weighted by molar-refractivity contribution is -0.137. The predicted octanol–water partition coefficient (Wildman–Crippen LogP) is 4.14. The van der Waals surface area contributed by atoms with E-state index in [4.69, 9.17) is 9.47 Å². The van der Waals surface area contributed by atoms with Crippen LogP contribution in [0.1, 0.15) is 48.0 Å². The van der Waals surface area contributed by atoms with Crippen LogP contribution in [0.25, 0.3) is 0 Å². The van der Waals surface area contributed by atoms with Gasteiger partial charge in [0.2, 0.25) is 0 Å². The van der Waals surface area contributed by atoms with Crippen LogP contribution < -0.4 is 0 Å². The van der Waals surface area contributed by atoms with Crippen molar-refractivity contribution in [1.29, 1.82) is 0 Å². The fourth-order valence-electron chi connectivity index (χ4n) is 1.54. The second-order valence-electron chi connectivity index (χ2n) is 6.46. The van der Waals surface area contributed by atoms with E-state index in [9.17, 15) is 4.79 Å². The van der Waals surface area contributed by atoms with Crippen LogP contribution in [-0.2, 0) is 14.3 Å². The zero-order chi connectivity index (χ0) is 15.6. The van der Waals surface area contributed by atoms with E-state index >= 15 is 0 Å². The number of esters is 1. The molecule has 0 amide bonds. The Morgan fingerprint density at radius 2 is 1.95 bits per heavy atom. The zero-order valence-electron chi connectivity index (χ0n) is 13.9. The van der Waals surface area contributed by atoms with Gasteiger partial charge in [-0.15, -0.1) is 0 Å². The van der Waals surface area contributed by atoms with Crippen LogP contribution in [0.2, 0.25) is 0 Å². The summed E-state index contributed by atoms with van der Waals surface area (Å²) in [6.45, 7) is 14.3. The molecule has 1 atom stereocenters. The molecule has 0 fully saturated rings. The number of carbonyl (C=O) groups excluding carboxylic acids is 1. The Hall–Kier alpha value is -1.09. The molecule has 0 aliphatic rings. The monoisotopic (exact) mass is 282 g/mol. The van der Waals surface area contributed by atoms with E-state index in [0.29, 0.717) is 12.5 Å². The van der Waals surface area contributed by atoms with Crippen molar-refractivity contribution in [1.82, 2.24) is 0 Å². The van der Waals surface area contributed by atoms with Gasteiger partial charge in [0, 0.05) is 12.7 Å². The standard InChI is InChI=1S/C17H30O3/c1-7-20-16(18)11-14(2)9-8-10-15(3)12-19-13-17(4,5)6/h8-9,11,15H,7,10,12-13H2,1-6H3. The molecule has 0 aromatic heterocycles. The van der Waals surface area contributed by atoms with E-state index in [1.54, 1.807) is 6.92 Å². The van der Waals surface area contributed by atoms with Gasteiger partial charge in [-0.1, -0.05) is 39.8 Å². The second-order valence-corrected chi connectivity index (χ2v) is 6.46. The van der Waals surface area contributed by atoms with Crippen molar-refractivity contribution in [2.75, 3.05) is 19.8 Å². The molecular formula is C17H30O3. The summed E-state index contributed by atoms with van der Waals surface area (Å²) in [5.74, 6) is 0.195. The maximum atomic E-state index is 11.2. The molecule has 0 aromatic rings. The molecule has 0 bridgehead atoms. The minimum absolute atomic E-state index is 0.217. The summed E-state index contributed by atoms with van der Waals surface area (Å²) in [5, 5.41) is 0. The Labute approximate surface area is 124 Å². The first kappa shape index (κ1) is 18.9. The molecule has 0 N–H and O–H groups in total. The van der Waals surface area contributed by atoms with Gasteiger partial charge in [-0.2, -0.15) is 0 Å². The van der Waals surface area contributed by atoms with E-state index in [1.165, 1.54) is 6.08 Å². The Morgan fingerprint density at radius 1 is 1.30 bits per heavy atom. The van der Waals surface area contributed by atoms with Gasteiger partial charge in [0.05, 0.1) is 13.2 Å². The van der Waals surface area contributed by atoms with Gasteiger partial charge in [0.25, 0.3) is 0 Å². The largest absolute Gasteiger partial charge is 0.463 e. The van der Waals surface area contributed by atoms with Crippen LogP contribution in [0.5, 0.6) is 0 Å². The molecule has 0 aliphatic carbocycles. The van der Waals surface area contributed by atoms with Crippen LogP contribution in [0.3, 0.4) is 0 Å². The summed E-state index contributed by atoms with van der Waals surface area (Å²) in [6.07, 6.45) is 6.49. The first-order valence-corrected chi connectivity index (χ1v) is 7.34. The molecule has 0 spiro atoms. The van der Waals surface area contributed by atoms with Crippen molar-refractivity contribution in [2.45, 2.75) is 48.0 Å². The SMILES string of the molecule is CCOC(=O)C=C(C)C=CCC(C)COCC(C)(C)C. The Morgan fingerprint density at radius 3 is 2.50 bits per heavy atom. The third-order valence-electron chi connectivity index (χ3n) is 2.49. The van der Waals surface area contributed by atoms with Gasteiger partial charge in [0.15, 0.2) is 0 Å². The van der Waals surface area contributed by atoms with E-state index in [0.717, 1.165) is 25.2 Å². The summed E-state index contributed by atoms with van der Waals surface area (Å²) in [5.41, 5.74) is 1.13. The van der Waals surface area contributed by atoms with E-state index in [1.807, 2.05) is 13.0 Å². The van der Waals surface area contributed by atoms with Crippen LogP contribution in [0.4, 0.5) is 0 Å². The fourth-order valence-corrected chi connectivity index (χ4v) is 1.54. The second kappa shape index (κ2) is 9.76. The van der Waals surface area contributed by atoms with Crippen LogP contribution in [0, 0.1) is 11.3 Å². The summed E-state index contributed by atoms with van der Waals surface area (Å²) in [7, 11) is 0. The van der Waals surface area contributed by atoms with Gasteiger partial charge >= 0.3 is 5.97 Å². The van der Waals surface area contributed by atoms with Gasteiger partial charge in [-0.05, 0) is 37.2 Å². The highest BCUT2D eigenvalue weighted by molar-refractivity contribution is 5.83. The summed E-state index contributed by atoms with van der Waals surface area (Å²) in [6, 6.07) is 0. The van der Waals surface area contributed by atoms with Gasteiger partial charge in [-0.3, -0.25) is 0 Å². The van der Waals surface area contributed by atoms with Crippen LogP contribution in [0.15, 0.2) is 23.8 Å².